The van der Waals surface area contributed by atoms with E-state index < -0.39 is 6.09 Å². The molecule has 0 aliphatic rings. The Morgan fingerprint density at radius 1 is 1.12 bits per heavy atom. The van der Waals surface area contributed by atoms with Crippen LogP contribution in [0.15, 0.2) is 48.5 Å². The maximum absolute atomic E-state index is 11.1. The van der Waals surface area contributed by atoms with Crippen molar-refractivity contribution in [1.82, 2.24) is 0 Å². The average Bonchev–Trinajstić information content (AvgIpc) is 2.60. The van der Waals surface area contributed by atoms with E-state index in [2.05, 4.69) is 5.92 Å². The van der Waals surface area contributed by atoms with Crippen LogP contribution in [0.4, 0.5) is 10.5 Å². The van der Waals surface area contributed by atoms with Gasteiger partial charge in [0.25, 0.3) is 0 Å². The van der Waals surface area contributed by atoms with Gasteiger partial charge >= 0.3 is 6.09 Å². The zero-order chi connectivity index (χ0) is 17.4. The van der Waals surface area contributed by atoms with Gasteiger partial charge in [-0.15, -0.1) is 6.42 Å². The third-order valence-electron chi connectivity index (χ3n) is 3.42. The SMILES string of the molecule is C#CCOc1ccc(C=Cc2ccc(N(CC)C(=O)O)cc2)cc1. The highest BCUT2D eigenvalue weighted by atomic mass is 16.5. The Bertz CT molecular complexity index is 740. The molecule has 4 heteroatoms. The molecule has 2 rings (SSSR count). The van der Waals surface area contributed by atoms with Crippen LogP contribution in [-0.4, -0.2) is 24.4 Å². The van der Waals surface area contributed by atoms with Crippen molar-refractivity contribution >= 4 is 23.9 Å². The molecule has 2 aromatic rings. The van der Waals surface area contributed by atoms with E-state index in [1.165, 1.54) is 4.90 Å². The Morgan fingerprint density at radius 2 is 1.67 bits per heavy atom. The second-order valence-electron chi connectivity index (χ2n) is 5.01. The van der Waals surface area contributed by atoms with Gasteiger partial charge in [0.15, 0.2) is 0 Å². The van der Waals surface area contributed by atoms with Crippen molar-refractivity contribution in [3.63, 3.8) is 0 Å². The summed E-state index contributed by atoms with van der Waals surface area (Å²) in [5.41, 5.74) is 2.69. The Hall–Kier alpha value is -3.19. The van der Waals surface area contributed by atoms with Crippen molar-refractivity contribution in [2.45, 2.75) is 6.92 Å². The van der Waals surface area contributed by atoms with E-state index in [0.717, 1.165) is 16.9 Å². The fraction of sp³-hybridized carbons (Fsp3) is 0.150. The summed E-state index contributed by atoms with van der Waals surface area (Å²) < 4.78 is 5.33. The number of benzene rings is 2. The molecule has 0 fully saturated rings. The predicted octanol–water partition coefficient (Wildman–Crippen LogP) is 4.37. The van der Waals surface area contributed by atoms with Crippen molar-refractivity contribution in [3.05, 3.63) is 59.7 Å². The first kappa shape index (κ1) is 17.2. The Labute approximate surface area is 142 Å². The van der Waals surface area contributed by atoms with E-state index in [-0.39, 0.29) is 6.61 Å². The number of rotatable bonds is 6. The third kappa shape index (κ3) is 4.65. The monoisotopic (exact) mass is 321 g/mol. The lowest BCUT2D eigenvalue weighted by atomic mass is 10.1. The number of carbonyl (C=O) groups is 1. The number of anilines is 1. The van der Waals surface area contributed by atoms with Crippen LogP contribution >= 0.6 is 0 Å². The molecule has 4 nitrogen and oxygen atoms in total. The molecule has 0 atom stereocenters. The van der Waals surface area contributed by atoms with Gasteiger partial charge in [-0.3, -0.25) is 4.90 Å². The molecule has 24 heavy (non-hydrogen) atoms. The van der Waals surface area contributed by atoms with E-state index >= 15 is 0 Å². The van der Waals surface area contributed by atoms with E-state index in [9.17, 15) is 4.79 Å². The van der Waals surface area contributed by atoms with Crippen molar-refractivity contribution in [2.75, 3.05) is 18.1 Å². The first-order valence-electron chi connectivity index (χ1n) is 7.59. The zero-order valence-electron chi connectivity index (χ0n) is 13.5. The van der Waals surface area contributed by atoms with Gasteiger partial charge in [-0.05, 0) is 42.3 Å². The Morgan fingerprint density at radius 3 is 2.12 bits per heavy atom. The molecule has 0 saturated heterocycles. The van der Waals surface area contributed by atoms with Gasteiger partial charge in [0, 0.05) is 12.2 Å². The molecular formula is C20H19NO3. The maximum atomic E-state index is 11.1. The molecule has 122 valence electrons. The zero-order valence-corrected chi connectivity index (χ0v) is 13.5. The number of amides is 1. The summed E-state index contributed by atoms with van der Waals surface area (Å²) in [7, 11) is 0. The van der Waals surface area contributed by atoms with Gasteiger partial charge in [-0.1, -0.05) is 42.3 Å². The predicted molar refractivity (Wildman–Crippen MR) is 97.2 cm³/mol. The lowest BCUT2D eigenvalue weighted by Crippen LogP contribution is -2.28. The number of carboxylic acid groups (broad SMARTS) is 1. The highest BCUT2D eigenvalue weighted by Crippen LogP contribution is 2.18. The van der Waals surface area contributed by atoms with Crippen LogP contribution < -0.4 is 9.64 Å². The molecular weight excluding hydrogens is 302 g/mol. The van der Waals surface area contributed by atoms with Crippen LogP contribution in [0, 0.1) is 12.3 Å². The highest BCUT2D eigenvalue weighted by molar-refractivity contribution is 5.86. The number of nitrogens with zero attached hydrogens (tertiary/aromatic N) is 1. The van der Waals surface area contributed by atoms with Crippen LogP contribution in [0.3, 0.4) is 0 Å². The summed E-state index contributed by atoms with van der Waals surface area (Å²) in [5, 5.41) is 9.12. The second kappa shape index (κ2) is 8.44. The second-order valence-corrected chi connectivity index (χ2v) is 5.01. The standard InChI is InChI=1S/C20H19NO3/c1-3-15-24-19-13-9-17(10-14-19)6-5-16-7-11-18(12-8-16)21(4-2)20(22)23/h1,5-14H,4,15H2,2H3,(H,22,23). The largest absolute Gasteiger partial charge is 0.481 e. The van der Waals surface area contributed by atoms with Crippen LogP contribution in [-0.2, 0) is 0 Å². The summed E-state index contributed by atoms with van der Waals surface area (Å²) in [5.74, 6) is 3.16. The van der Waals surface area contributed by atoms with Crippen LogP contribution in [0.5, 0.6) is 5.75 Å². The lowest BCUT2D eigenvalue weighted by Gasteiger charge is -2.16. The normalized spacial score (nSPS) is 10.3. The Balaban J connectivity index is 2.04. The summed E-state index contributed by atoms with van der Waals surface area (Å²) in [6, 6.07) is 15.0. The number of terminal acetylenes is 1. The molecule has 1 N–H and O–H groups in total. The van der Waals surface area contributed by atoms with Gasteiger partial charge < -0.3 is 9.84 Å². The average molecular weight is 321 g/mol. The molecule has 0 unspecified atom stereocenters. The highest BCUT2D eigenvalue weighted by Gasteiger charge is 2.10. The Kier molecular flexibility index (Phi) is 6.04. The smallest absolute Gasteiger partial charge is 0.411 e. The first-order valence-corrected chi connectivity index (χ1v) is 7.59. The molecule has 0 radical (unpaired) electrons. The third-order valence-corrected chi connectivity index (χ3v) is 3.42. The summed E-state index contributed by atoms with van der Waals surface area (Å²) in [4.78, 5) is 12.4. The summed E-state index contributed by atoms with van der Waals surface area (Å²) in [6.45, 7) is 2.48. The van der Waals surface area contributed by atoms with Crippen molar-refractivity contribution < 1.29 is 14.6 Å². The first-order chi connectivity index (χ1) is 11.6. The summed E-state index contributed by atoms with van der Waals surface area (Å²) >= 11 is 0. The van der Waals surface area contributed by atoms with Crippen LogP contribution in [0.25, 0.3) is 12.2 Å². The molecule has 0 bridgehead atoms. The van der Waals surface area contributed by atoms with Gasteiger partial charge in [-0.2, -0.15) is 0 Å². The molecule has 1 amide bonds. The number of hydrogen-bond acceptors (Lipinski definition) is 2. The van der Waals surface area contributed by atoms with Gasteiger partial charge in [0.1, 0.15) is 12.4 Å². The van der Waals surface area contributed by atoms with E-state index in [1.807, 2.05) is 48.6 Å². The van der Waals surface area contributed by atoms with Crippen LogP contribution in [0.1, 0.15) is 18.1 Å². The number of hydrogen-bond donors (Lipinski definition) is 1. The number of ether oxygens (including phenoxy) is 1. The lowest BCUT2D eigenvalue weighted by molar-refractivity contribution is 0.202. The minimum Gasteiger partial charge on any atom is -0.481 e. The molecule has 0 saturated carbocycles. The van der Waals surface area contributed by atoms with E-state index in [0.29, 0.717) is 12.2 Å². The van der Waals surface area contributed by atoms with E-state index in [4.69, 9.17) is 16.3 Å². The molecule has 0 heterocycles. The minimum atomic E-state index is -0.951. The fourth-order valence-electron chi connectivity index (χ4n) is 2.19. The van der Waals surface area contributed by atoms with E-state index in [1.54, 1.807) is 19.1 Å². The molecule has 0 aliphatic carbocycles. The van der Waals surface area contributed by atoms with Gasteiger partial charge in [0.2, 0.25) is 0 Å². The minimum absolute atomic E-state index is 0.257. The van der Waals surface area contributed by atoms with Crippen molar-refractivity contribution in [1.29, 1.82) is 0 Å². The maximum Gasteiger partial charge on any atom is 0.411 e. The molecule has 0 spiro atoms. The van der Waals surface area contributed by atoms with Gasteiger partial charge in [-0.25, -0.2) is 4.79 Å². The summed E-state index contributed by atoms with van der Waals surface area (Å²) in [6.07, 6.45) is 8.15. The van der Waals surface area contributed by atoms with Crippen molar-refractivity contribution in [3.8, 4) is 18.1 Å². The van der Waals surface area contributed by atoms with Crippen molar-refractivity contribution in [2.24, 2.45) is 0 Å². The quantitative estimate of drug-likeness (QED) is 0.635. The molecule has 0 aromatic heterocycles. The fourth-order valence-corrected chi connectivity index (χ4v) is 2.19. The van der Waals surface area contributed by atoms with Crippen LogP contribution in [0.2, 0.25) is 0 Å². The van der Waals surface area contributed by atoms with Gasteiger partial charge in [0.05, 0.1) is 0 Å². The topological polar surface area (TPSA) is 49.8 Å². The molecule has 2 aromatic carbocycles. The molecule has 0 aliphatic heterocycles.